The normalized spacial score (nSPS) is 16.9. The summed E-state index contributed by atoms with van der Waals surface area (Å²) in [6.45, 7) is 3.54. The minimum atomic E-state index is -0.640. The Labute approximate surface area is 181 Å². The lowest BCUT2D eigenvalue weighted by atomic mass is 10.2. The molecule has 0 saturated carbocycles. The molecule has 0 spiro atoms. The van der Waals surface area contributed by atoms with E-state index in [1.54, 1.807) is 22.7 Å². The Morgan fingerprint density at radius 1 is 1.23 bits per heavy atom. The largest absolute Gasteiger partial charge is 0.481 e. The number of hydrogen-bond donors (Lipinski definition) is 2. The second kappa shape index (κ2) is 8.73. The van der Waals surface area contributed by atoms with Gasteiger partial charge in [0.05, 0.1) is 32.8 Å². The highest BCUT2D eigenvalue weighted by molar-refractivity contribution is 7.16. The molecular weight excluding hydrogens is 424 g/mol. The minimum Gasteiger partial charge on any atom is -0.481 e. The first-order chi connectivity index (χ1) is 15.0. The Morgan fingerprint density at radius 3 is 2.81 bits per heavy atom. The third-order valence-corrected chi connectivity index (χ3v) is 5.46. The van der Waals surface area contributed by atoms with Crippen molar-refractivity contribution in [2.24, 2.45) is 0 Å². The van der Waals surface area contributed by atoms with Gasteiger partial charge in [0.2, 0.25) is 17.7 Å². The molecule has 164 valence electrons. The first kappa shape index (κ1) is 20.8. The average Bonchev–Trinajstić information content (AvgIpc) is 3.22. The molecular formula is C18H22N8O4S. The van der Waals surface area contributed by atoms with E-state index in [1.807, 2.05) is 6.92 Å². The molecule has 1 atom stereocenters. The summed E-state index contributed by atoms with van der Waals surface area (Å²) in [6, 6.07) is 3.24. The summed E-state index contributed by atoms with van der Waals surface area (Å²) < 4.78 is 10.2. The van der Waals surface area contributed by atoms with Gasteiger partial charge < -0.3 is 24.9 Å². The number of carbonyl (C=O) groups is 1. The van der Waals surface area contributed by atoms with Gasteiger partial charge in [-0.05, 0) is 13.0 Å². The van der Waals surface area contributed by atoms with Crippen LogP contribution in [0.15, 0.2) is 17.6 Å². The maximum atomic E-state index is 12.4. The monoisotopic (exact) mass is 446 g/mol. The van der Waals surface area contributed by atoms with Gasteiger partial charge in [0, 0.05) is 18.7 Å². The van der Waals surface area contributed by atoms with Gasteiger partial charge in [-0.1, -0.05) is 0 Å². The van der Waals surface area contributed by atoms with Crippen molar-refractivity contribution in [2.75, 3.05) is 49.8 Å². The predicted molar refractivity (Wildman–Crippen MR) is 115 cm³/mol. The van der Waals surface area contributed by atoms with Crippen molar-refractivity contribution in [1.82, 2.24) is 25.0 Å². The Hall–Kier alpha value is -3.45. The maximum absolute atomic E-state index is 12.4. The fourth-order valence-electron chi connectivity index (χ4n) is 3.32. The number of piperazine rings is 1. The van der Waals surface area contributed by atoms with E-state index >= 15 is 0 Å². The van der Waals surface area contributed by atoms with E-state index in [9.17, 15) is 4.79 Å². The molecule has 3 aromatic rings. The van der Waals surface area contributed by atoms with Crippen molar-refractivity contribution in [2.45, 2.75) is 13.0 Å². The van der Waals surface area contributed by atoms with Crippen LogP contribution < -0.4 is 25.4 Å². The van der Waals surface area contributed by atoms with Gasteiger partial charge in [0.25, 0.3) is 0 Å². The van der Waals surface area contributed by atoms with Gasteiger partial charge >= 0.3 is 6.09 Å². The SMILES string of the molecule is COc1ccc(NC(=O)ON2CCN(c3nc(N)nc4scnc34)[C@@H](C)C2)c(OC)n1. The van der Waals surface area contributed by atoms with E-state index < -0.39 is 6.09 Å². The average molecular weight is 446 g/mol. The number of anilines is 3. The van der Waals surface area contributed by atoms with Crippen LogP contribution in [-0.4, -0.2) is 71.0 Å². The molecule has 1 saturated heterocycles. The van der Waals surface area contributed by atoms with Gasteiger partial charge in [-0.2, -0.15) is 9.97 Å². The molecule has 1 aliphatic heterocycles. The number of nitrogens with two attached hydrogens (primary N) is 1. The number of ether oxygens (including phenoxy) is 2. The number of aromatic nitrogens is 4. The molecule has 4 rings (SSSR count). The van der Waals surface area contributed by atoms with Crippen LogP contribution in [0.5, 0.6) is 11.8 Å². The van der Waals surface area contributed by atoms with Crippen molar-refractivity contribution in [3.05, 3.63) is 17.6 Å². The van der Waals surface area contributed by atoms with Crippen molar-refractivity contribution < 1.29 is 19.1 Å². The van der Waals surface area contributed by atoms with Crippen LogP contribution in [0.2, 0.25) is 0 Å². The van der Waals surface area contributed by atoms with Gasteiger partial charge in [-0.15, -0.1) is 16.4 Å². The molecule has 1 fully saturated rings. The lowest BCUT2D eigenvalue weighted by Crippen LogP contribution is -2.53. The van der Waals surface area contributed by atoms with Crippen LogP contribution >= 0.6 is 11.3 Å². The summed E-state index contributed by atoms with van der Waals surface area (Å²) >= 11 is 1.42. The van der Waals surface area contributed by atoms with E-state index in [2.05, 4.69) is 30.2 Å². The summed E-state index contributed by atoms with van der Waals surface area (Å²) in [4.78, 5) is 37.8. The fraction of sp³-hybridized carbons (Fsp3) is 0.389. The number of rotatable bonds is 5. The molecule has 0 aromatic carbocycles. The second-order valence-corrected chi connectivity index (χ2v) is 7.59. The number of nitrogens with zero attached hydrogens (tertiary/aromatic N) is 6. The highest BCUT2D eigenvalue weighted by atomic mass is 32.1. The Balaban J connectivity index is 1.40. The fourth-order valence-corrected chi connectivity index (χ4v) is 3.98. The highest BCUT2D eigenvalue weighted by Crippen LogP contribution is 2.29. The van der Waals surface area contributed by atoms with E-state index in [1.165, 1.54) is 25.6 Å². The van der Waals surface area contributed by atoms with Crippen LogP contribution in [-0.2, 0) is 4.84 Å². The first-order valence-electron chi connectivity index (χ1n) is 9.44. The zero-order valence-corrected chi connectivity index (χ0v) is 18.0. The smallest absolute Gasteiger partial charge is 0.430 e. The lowest BCUT2D eigenvalue weighted by Gasteiger charge is -2.39. The highest BCUT2D eigenvalue weighted by Gasteiger charge is 2.29. The molecule has 1 amide bonds. The molecule has 13 heteroatoms. The van der Waals surface area contributed by atoms with Gasteiger partial charge in [-0.3, -0.25) is 5.32 Å². The van der Waals surface area contributed by atoms with Crippen LogP contribution in [0.4, 0.5) is 22.2 Å². The van der Waals surface area contributed by atoms with Crippen LogP contribution in [0, 0.1) is 0 Å². The number of nitrogen functional groups attached to an aromatic ring is 1. The Bertz CT molecular complexity index is 1090. The second-order valence-electron chi connectivity index (χ2n) is 6.76. The number of amides is 1. The summed E-state index contributed by atoms with van der Waals surface area (Å²) in [5, 5.41) is 4.24. The van der Waals surface area contributed by atoms with Crippen LogP contribution in [0.25, 0.3) is 10.3 Å². The molecule has 3 aromatic heterocycles. The standard InChI is InChI=1S/C18H22N8O4S/c1-10-8-25(30-18(27)21-11-4-5-12(28-2)22-15(11)29-3)6-7-26(10)14-13-16(31-9-20-13)24-17(19)23-14/h4-5,9-10H,6-8H2,1-3H3,(H,21,27)(H2,19,23,24)/t10-/m0/s1. The number of methoxy groups -OCH3 is 2. The minimum absolute atomic E-state index is 0.00191. The summed E-state index contributed by atoms with van der Waals surface area (Å²) in [5.41, 5.74) is 8.68. The molecule has 12 nitrogen and oxygen atoms in total. The zero-order valence-electron chi connectivity index (χ0n) is 17.2. The maximum Gasteiger partial charge on any atom is 0.430 e. The van der Waals surface area contributed by atoms with E-state index in [-0.39, 0.29) is 17.9 Å². The van der Waals surface area contributed by atoms with Crippen molar-refractivity contribution >= 4 is 45.2 Å². The quantitative estimate of drug-likeness (QED) is 0.592. The zero-order chi connectivity index (χ0) is 22.0. The van der Waals surface area contributed by atoms with Gasteiger partial charge in [0.1, 0.15) is 11.2 Å². The number of hydroxylamine groups is 2. The third-order valence-electron chi connectivity index (χ3n) is 4.75. The number of nitrogens with one attached hydrogen (secondary N) is 1. The summed E-state index contributed by atoms with van der Waals surface area (Å²) in [7, 11) is 2.96. The van der Waals surface area contributed by atoms with E-state index in [0.717, 1.165) is 10.3 Å². The molecule has 0 radical (unpaired) electrons. The van der Waals surface area contributed by atoms with Gasteiger partial charge in [0.15, 0.2) is 10.6 Å². The van der Waals surface area contributed by atoms with Crippen molar-refractivity contribution in [1.29, 1.82) is 0 Å². The Morgan fingerprint density at radius 2 is 2.06 bits per heavy atom. The molecule has 0 aliphatic carbocycles. The number of hydrogen-bond acceptors (Lipinski definition) is 12. The number of carbonyl (C=O) groups excluding carboxylic acids is 1. The molecule has 0 unspecified atom stereocenters. The van der Waals surface area contributed by atoms with Crippen LogP contribution in [0.1, 0.15) is 6.92 Å². The van der Waals surface area contributed by atoms with E-state index in [4.69, 9.17) is 20.0 Å². The van der Waals surface area contributed by atoms with Crippen molar-refractivity contribution in [3.63, 3.8) is 0 Å². The number of fused-ring (bicyclic) bond motifs is 1. The molecule has 1 aliphatic rings. The number of pyridine rings is 1. The predicted octanol–water partition coefficient (Wildman–Crippen LogP) is 1.75. The van der Waals surface area contributed by atoms with Crippen LogP contribution in [0.3, 0.4) is 0 Å². The van der Waals surface area contributed by atoms with Gasteiger partial charge in [-0.25, -0.2) is 14.8 Å². The summed E-state index contributed by atoms with van der Waals surface area (Å²) in [6.07, 6.45) is -0.640. The molecule has 31 heavy (non-hydrogen) atoms. The molecule has 4 heterocycles. The number of thiazole rings is 1. The summed E-state index contributed by atoms with van der Waals surface area (Å²) in [5.74, 6) is 1.50. The van der Waals surface area contributed by atoms with E-state index in [0.29, 0.717) is 37.0 Å². The third kappa shape index (κ3) is 4.36. The Kier molecular flexibility index (Phi) is 5.86. The van der Waals surface area contributed by atoms with Crippen molar-refractivity contribution in [3.8, 4) is 11.8 Å². The molecule has 0 bridgehead atoms. The first-order valence-corrected chi connectivity index (χ1v) is 10.3. The molecule has 3 N–H and O–H groups in total. The lowest BCUT2D eigenvalue weighted by molar-refractivity contribution is -0.103. The topological polar surface area (TPSA) is 141 Å².